The molecule has 0 radical (unpaired) electrons. The first-order valence-electron chi connectivity index (χ1n) is 7.69. The van der Waals surface area contributed by atoms with E-state index in [0.29, 0.717) is 6.54 Å². The predicted octanol–water partition coefficient (Wildman–Crippen LogP) is 3.13. The summed E-state index contributed by atoms with van der Waals surface area (Å²) >= 11 is 1.64. The van der Waals surface area contributed by atoms with Gasteiger partial charge in [-0.1, -0.05) is 12.1 Å². The Morgan fingerprint density at radius 3 is 2.27 bits per heavy atom. The molecule has 7 nitrogen and oxygen atoms in total. The minimum absolute atomic E-state index is 0.121. The Kier molecular flexibility index (Phi) is 6.74. The third kappa shape index (κ3) is 5.32. The van der Waals surface area contributed by atoms with Crippen LogP contribution in [-0.2, 0) is 16.1 Å². The molecule has 0 aliphatic heterocycles. The number of hydrogen-bond donors (Lipinski definition) is 0. The zero-order valence-electron chi connectivity index (χ0n) is 14.4. The Morgan fingerprint density at radius 1 is 1.12 bits per heavy atom. The second kappa shape index (κ2) is 9.00. The molecule has 0 N–H and O–H groups in total. The molecule has 2 rings (SSSR count). The average Bonchev–Trinajstić information content (AvgIpc) is 2.66. The largest absolute Gasteiger partial charge is 0.452 e. The Hall–Kier alpha value is -2.87. The second-order valence-corrected chi connectivity index (χ2v) is 6.36. The monoisotopic (exact) mass is 374 g/mol. The number of non-ortho nitro benzene ring substituents is 1. The van der Waals surface area contributed by atoms with Gasteiger partial charge in [-0.05, 0) is 36.1 Å². The van der Waals surface area contributed by atoms with Crippen LogP contribution in [0, 0.1) is 10.1 Å². The zero-order valence-corrected chi connectivity index (χ0v) is 15.2. The van der Waals surface area contributed by atoms with Crippen molar-refractivity contribution in [2.45, 2.75) is 11.4 Å². The molecule has 2 aromatic carbocycles. The lowest BCUT2D eigenvalue weighted by atomic mass is 10.2. The van der Waals surface area contributed by atoms with Crippen LogP contribution in [-0.4, -0.2) is 41.6 Å². The molecule has 0 spiro atoms. The summed E-state index contributed by atoms with van der Waals surface area (Å²) in [7, 11) is 1.63. The van der Waals surface area contributed by atoms with Crippen LogP contribution in [0.25, 0.3) is 0 Å². The molecule has 0 saturated carbocycles. The lowest BCUT2D eigenvalue weighted by molar-refractivity contribution is -0.384. The van der Waals surface area contributed by atoms with E-state index in [1.807, 2.05) is 30.5 Å². The minimum atomic E-state index is -0.703. The Labute approximate surface area is 155 Å². The molecule has 2 aromatic rings. The van der Waals surface area contributed by atoms with E-state index in [9.17, 15) is 19.7 Å². The van der Waals surface area contributed by atoms with Gasteiger partial charge in [0.1, 0.15) is 0 Å². The van der Waals surface area contributed by atoms with E-state index in [4.69, 9.17) is 4.74 Å². The molecular formula is C18H18N2O5S. The molecule has 1 amide bonds. The van der Waals surface area contributed by atoms with Crippen LogP contribution >= 0.6 is 11.8 Å². The highest BCUT2D eigenvalue weighted by molar-refractivity contribution is 7.98. The molecule has 136 valence electrons. The fourth-order valence-corrected chi connectivity index (χ4v) is 2.54. The second-order valence-electron chi connectivity index (χ2n) is 5.48. The number of likely N-dealkylation sites (N-methyl/N-ethyl adjacent to an activating group) is 1. The van der Waals surface area contributed by atoms with Crippen molar-refractivity contribution in [2.75, 3.05) is 19.9 Å². The third-order valence-corrected chi connectivity index (χ3v) is 4.39. The third-order valence-electron chi connectivity index (χ3n) is 3.65. The standard InChI is InChI=1S/C18H18N2O5S/c1-19(11-13-3-9-16(26-2)10-4-13)17(21)12-25-18(22)14-5-7-15(8-6-14)20(23)24/h3-10H,11-12H2,1-2H3. The topological polar surface area (TPSA) is 89.8 Å². The first-order chi connectivity index (χ1) is 12.4. The fourth-order valence-electron chi connectivity index (χ4n) is 2.13. The van der Waals surface area contributed by atoms with Gasteiger partial charge in [0, 0.05) is 30.6 Å². The van der Waals surface area contributed by atoms with Gasteiger partial charge in [0.2, 0.25) is 0 Å². The van der Waals surface area contributed by atoms with Crippen molar-refractivity contribution in [1.29, 1.82) is 0 Å². The number of amides is 1. The summed E-state index contributed by atoms with van der Waals surface area (Å²) in [6.07, 6.45) is 1.99. The molecule has 0 bridgehead atoms. The number of carbonyl (C=O) groups is 2. The molecule has 8 heteroatoms. The number of nitro groups is 1. The number of ether oxygens (including phenoxy) is 1. The number of thioether (sulfide) groups is 1. The highest BCUT2D eigenvalue weighted by Gasteiger charge is 2.15. The van der Waals surface area contributed by atoms with Crippen LogP contribution in [0.1, 0.15) is 15.9 Å². The van der Waals surface area contributed by atoms with Crippen molar-refractivity contribution < 1.29 is 19.2 Å². The fraction of sp³-hybridized carbons (Fsp3) is 0.222. The van der Waals surface area contributed by atoms with Gasteiger partial charge in [-0.25, -0.2) is 4.79 Å². The quantitative estimate of drug-likeness (QED) is 0.320. The lowest BCUT2D eigenvalue weighted by Crippen LogP contribution is -2.30. The summed E-state index contributed by atoms with van der Waals surface area (Å²) < 4.78 is 4.98. The predicted molar refractivity (Wildman–Crippen MR) is 98.1 cm³/mol. The molecular weight excluding hydrogens is 356 g/mol. The normalized spacial score (nSPS) is 10.2. The Morgan fingerprint density at radius 2 is 1.73 bits per heavy atom. The van der Waals surface area contributed by atoms with Crippen LogP contribution in [0.4, 0.5) is 5.69 Å². The lowest BCUT2D eigenvalue weighted by Gasteiger charge is -2.17. The van der Waals surface area contributed by atoms with Gasteiger partial charge in [-0.3, -0.25) is 14.9 Å². The van der Waals surface area contributed by atoms with E-state index >= 15 is 0 Å². The summed E-state index contributed by atoms with van der Waals surface area (Å²) in [6.45, 7) is 0.0117. The highest BCUT2D eigenvalue weighted by atomic mass is 32.2. The maximum atomic E-state index is 12.1. The van der Waals surface area contributed by atoms with Crippen LogP contribution in [0.2, 0.25) is 0 Å². The van der Waals surface area contributed by atoms with Crippen LogP contribution < -0.4 is 0 Å². The first kappa shape index (κ1) is 19.5. The first-order valence-corrected chi connectivity index (χ1v) is 8.91. The van der Waals surface area contributed by atoms with Gasteiger partial charge < -0.3 is 9.64 Å². The van der Waals surface area contributed by atoms with E-state index < -0.39 is 17.5 Å². The van der Waals surface area contributed by atoms with Gasteiger partial charge in [0.15, 0.2) is 6.61 Å². The van der Waals surface area contributed by atoms with Crippen LogP contribution in [0.5, 0.6) is 0 Å². The van der Waals surface area contributed by atoms with Crippen molar-refractivity contribution in [2.24, 2.45) is 0 Å². The summed E-state index contributed by atoms with van der Waals surface area (Å²) in [6, 6.07) is 12.9. The highest BCUT2D eigenvalue weighted by Crippen LogP contribution is 2.16. The summed E-state index contributed by atoms with van der Waals surface area (Å²) in [5, 5.41) is 10.6. The number of hydrogen-bond acceptors (Lipinski definition) is 6. The van der Waals surface area contributed by atoms with Crippen molar-refractivity contribution in [3.63, 3.8) is 0 Å². The van der Waals surface area contributed by atoms with Crippen LogP contribution in [0.3, 0.4) is 0 Å². The molecule has 0 fully saturated rings. The maximum absolute atomic E-state index is 12.1. The van der Waals surface area contributed by atoms with Crippen molar-refractivity contribution in [3.8, 4) is 0 Å². The van der Waals surface area contributed by atoms with Crippen molar-refractivity contribution in [1.82, 2.24) is 4.90 Å². The molecule has 0 unspecified atom stereocenters. The molecule has 0 aliphatic carbocycles. The molecule has 0 aromatic heterocycles. The molecule has 0 atom stereocenters. The SMILES string of the molecule is CSc1ccc(CN(C)C(=O)COC(=O)c2ccc([N+](=O)[O-])cc2)cc1. The van der Waals surface area contributed by atoms with Gasteiger partial charge >= 0.3 is 5.97 Å². The zero-order chi connectivity index (χ0) is 19.1. The number of nitrogens with zero attached hydrogens (tertiary/aromatic N) is 2. The number of carbonyl (C=O) groups excluding carboxylic acids is 2. The van der Waals surface area contributed by atoms with Crippen molar-refractivity contribution >= 4 is 29.3 Å². The Bertz CT molecular complexity index is 790. The average molecular weight is 374 g/mol. The molecule has 0 aliphatic rings. The molecule has 0 saturated heterocycles. The summed E-state index contributed by atoms with van der Waals surface area (Å²) in [5.74, 6) is -1.04. The molecule has 26 heavy (non-hydrogen) atoms. The number of rotatable bonds is 7. The number of benzene rings is 2. The van der Waals surface area contributed by atoms with Crippen LogP contribution in [0.15, 0.2) is 53.4 Å². The number of nitro benzene ring substituents is 1. The smallest absolute Gasteiger partial charge is 0.338 e. The van der Waals surface area contributed by atoms with E-state index in [1.54, 1.807) is 18.8 Å². The van der Waals surface area contributed by atoms with E-state index in [2.05, 4.69) is 0 Å². The van der Waals surface area contributed by atoms with Crippen molar-refractivity contribution in [3.05, 3.63) is 69.8 Å². The van der Waals surface area contributed by atoms with Gasteiger partial charge in [-0.15, -0.1) is 11.8 Å². The van der Waals surface area contributed by atoms with Gasteiger partial charge in [0.25, 0.3) is 11.6 Å². The van der Waals surface area contributed by atoms with E-state index in [0.717, 1.165) is 10.5 Å². The maximum Gasteiger partial charge on any atom is 0.338 e. The summed E-state index contributed by atoms with van der Waals surface area (Å²) in [4.78, 5) is 36.7. The summed E-state index contributed by atoms with van der Waals surface area (Å²) in [5.41, 5.74) is 1.00. The van der Waals surface area contributed by atoms with Gasteiger partial charge in [0.05, 0.1) is 10.5 Å². The van der Waals surface area contributed by atoms with Gasteiger partial charge in [-0.2, -0.15) is 0 Å². The Balaban J connectivity index is 1.86. The minimum Gasteiger partial charge on any atom is -0.452 e. The van der Waals surface area contributed by atoms with E-state index in [-0.39, 0.29) is 17.2 Å². The van der Waals surface area contributed by atoms with E-state index in [1.165, 1.54) is 29.2 Å². The number of esters is 1. The molecule has 0 heterocycles.